The summed E-state index contributed by atoms with van der Waals surface area (Å²) in [5.74, 6) is 0.408. The second-order valence-corrected chi connectivity index (χ2v) is 3.95. The van der Waals surface area contributed by atoms with Crippen LogP contribution in [0.5, 0.6) is 11.5 Å². The molecule has 17 heavy (non-hydrogen) atoms. The molecule has 0 unspecified atom stereocenters. The molecule has 0 aliphatic rings. The van der Waals surface area contributed by atoms with Crippen molar-refractivity contribution in [2.24, 2.45) is 0 Å². The summed E-state index contributed by atoms with van der Waals surface area (Å²) < 4.78 is 10.3. The first-order valence-electron chi connectivity index (χ1n) is 5.20. The maximum atomic E-state index is 10.4. The molecule has 0 amide bonds. The Balaban J connectivity index is 2.83. The van der Waals surface area contributed by atoms with Crippen molar-refractivity contribution < 1.29 is 19.4 Å². The molecule has 0 atom stereocenters. The Hall–Kier alpha value is -1.42. The summed E-state index contributed by atoms with van der Waals surface area (Å²) in [6.07, 6.45) is 1.29. The first-order chi connectivity index (χ1) is 8.08. The fourth-order valence-electron chi connectivity index (χ4n) is 1.55. The number of carboxylic acid groups (broad SMARTS) is 1. The van der Waals surface area contributed by atoms with Crippen LogP contribution in [-0.2, 0) is 11.2 Å². The van der Waals surface area contributed by atoms with Crippen LogP contribution in [0.25, 0.3) is 0 Å². The lowest BCUT2D eigenvalue weighted by molar-refractivity contribution is -0.137. The van der Waals surface area contributed by atoms with Crippen LogP contribution in [0.3, 0.4) is 0 Å². The Labute approximate surface area is 105 Å². The SMILES string of the molecule is COc1cc(OC)c(CCCC(=O)O)cc1Cl. The lowest BCUT2D eigenvalue weighted by Gasteiger charge is -2.11. The van der Waals surface area contributed by atoms with Gasteiger partial charge in [0, 0.05) is 12.5 Å². The molecular formula is C12H15ClO4. The van der Waals surface area contributed by atoms with Gasteiger partial charge in [0.05, 0.1) is 19.2 Å². The average molecular weight is 259 g/mol. The maximum Gasteiger partial charge on any atom is 0.303 e. The molecule has 0 heterocycles. The van der Waals surface area contributed by atoms with Gasteiger partial charge in [-0.1, -0.05) is 11.6 Å². The molecule has 5 heteroatoms. The van der Waals surface area contributed by atoms with Crippen LogP contribution in [0.2, 0.25) is 5.02 Å². The third kappa shape index (κ3) is 3.82. The van der Waals surface area contributed by atoms with Crippen molar-refractivity contribution in [2.75, 3.05) is 14.2 Å². The second-order valence-electron chi connectivity index (χ2n) is 3.55. The predicted molar refractivity (Wildman–Crippen MR) is 65.1 cm³/mol. The number of hydrogen-bond acceptors (Lipinski definition) is 3. The molecule has 94 valence electrons. The Morgan fingerprint density at radius 1 is 1.29 bits per heavy atom. The van der Waals surface area contributed by atoms with Crippen molar-refractivity contribution in [1.29, 1.82) is 0 Å². The van der Waals surface area contributed by atoms with Gasteiger partial charge in [0.1, 0.15) is 11.5 Å². The van der Waals surface area contributed by atoms with E-state index >= 15 is 0 Å². The van der Waals surface area contributed by atoms with Crippen molar-refractivity contribution in [1.82, 2.24) is 0 Å². The molecule has 0 saturated carbocycles. The van der Waals surface area contributed by atoms with Gasteiger partial charge in [-0.15, -0.1) is 0 Å². The van der Waals surface area contributed by atoms with E-state index in [2.05, 4.69) is 0 Å². The van der Waals surface area contributed by atoms with Crippen LogP contribution in [0.15, 0.2) is 12.1 Å². The van der Waals surface area contributed by atoms with Crippen LogP contribution >= 0.6 is 11.6 Å². The number of rotatable bonds is 6. The van der Waals surface area contributed by atoms with Gasteiger partial charge in [0.25, 0.3) is 0 Å². The predicted octanol–water partition coefficient (Wildman–Crippen LogP) is 2.76. The quantitative estimate of drug-likeness (QED) is 0.852. The number of carbonyl (C=O) groups is 1. The minimum atomic E-state index is -0.802. The highest BCUT2D eigenvalue weighted by Crippen LogP contribution is 2.33. The second kappa shape index (κ2) is 6.35. The van der Waals surface area contributed by atoms with E-state index in [4.69, 9.17) is 26.2 Å². The van der Waals surface area contributed by atoms with Gasteiger partial charge in [-0.25, -0.2) is 0 Å². The number of aliphatic carboxylic acids is 1. The Morgan fingerprint density at radius 3 is 2.47 bits per heavy atom. The van der Waals surface area contributed by atoms with Crippen molar-refractivity contribution in [3.8, 4) is 11.5 Å². The molecule has 0 radical (unpaired) electrons. The van der Waals surface area contributed by atoms with E-state index in [1.54, 1.807) is 19.2 Å². The van der Waals surface area contributed by atoms with Gasteiger partial charge in [0.2, 0.25) is 0 Å². The molecular weight excluding hydrogens is 244 g/mol. The monoisotopic (exact) mass is 258 g/mol. The summed E-state index contributed by atoms with van der Waals surface area (Å²) in [5, 5.41) is 9.08. The zero-order chi connectivity index (χ0) is 12.8. The fraction of sp³-hybridized carbons (Fsp3) is 0.417. The number of methoxy groups -OCH3 is 2. The molecule has 0 fully saturated rings. The summed E-state index contributed by atoms with van der Waals surface area (Å²) >= 11 is 6.00. The first-order valence-corrected chi connectivity index (χ1v) is 5.58. The van der Waals surface area contributed by atoms with Gasteiger partial charge < -0.3 is 14.6 Å². The number of halogens is 1. The molecule has 1 N–H and O–H groups in total. The molecule has 1 aromatic rings. The number of carboxylic acids is 1. The maximum absolute atomic E-state index is 10.4. The zero-order valence-electron chi connectivity index (χ0n) is 9.83. The van der Waals surface area contributed by atoms with Gasteiger partial charge in [0.15, 0.2) is 0 Å². The van der Waals surface area contributed by atoms with E-state index in [0.717, 1.165) is 5.56 Å². The number of hydrogen-bond donors (Lipinski definition) is 1. The van der Waals surface area contributed by atoms with E-state index in [9.17, 15) is 4.79 Å². The van der Waals surface area contributed by atoms with Crippen molar-refractivity contribution in [3.05, 3.63) is 22.7 Å². The smallest absolute Gasteiger partial charge is 0.303 e. The zero-order valence-corrected chi connectivity index (χ0v) is 10.6. The van der Waals surface area contributed by atoms with Crippen molar-refractivity contribution >= 4 is 17.6 Å². The van der Waals surface area contributed by atoms with E-state index in [-0.39, 0.29) is 6.42 Å². The highest BCUT2D eigenvalue weighted by molar-refractivity contribution is 6.32. The summed E-state index contributed by atoms with van der Waals surface area (Å²) in [7, 11) is 3.09. The Morgan fingerprint density at radius 2 is 1.94 bits per heavy atom. The van der Waals surface area contributed by atoms with Crippen LogP contribution < -0.4 is 9.47 Å². The summed E-state index contributed by atoms with van der Waals surface area (Å²) in [5.41, 5.74) is 0.888. The summed E-state index contributed by atoms with van der Waals surface area (Å²) in [6, 6.07) is 3.46. The van der Waals surface area contributed by atoms with Crippen LogP contribution in [0, 0.1) is 0 Å². The lowest BCUT2D eigenvalue weighted by Crippen LogP contribution is -1.98. The molecule has 0 spiro atoms. The third-order valence-electron chi connectivity index (χ3n) is 2.39. The largest absolute Gasteiger partial charge is 0.496 e. The highest BCUT2D eigenvalue weighted by Gasteiger charge is 2.10. The molecule has 0 bridgehead atoms. The molecule has 0 aliphatic carbocycles. The van der Waals surface area contributed by atoms with Gasteiger partial charge in [-0.05, 0) is 24.5 Å². The van der Waals surface area contributed by atoms with Crippen LogP contribution in [0.1, 0.15) is 18.4 Å². The molecule has 1 rings (SSSR count). The van der Waals surface area contributed by atoms with Crippen molar-refractivity contribution in [2.45, 2.75) is 19.3 Å². The highest BCUT2D eigenvalue weighted by atomic mass is 35.5. The molecule has 0 saturated heterocycles. The molecule has 4 nitrogen and oxygen atoms in total. The average Bonchev–Trinajstić information content (AvgIpc) is 2.29. The Bertz CT molecular complexity index is 404. The summed E-state index contributed by atoms with van der Waals surface area (Å²) in [4.78, 5) is 10.4. The Kier molecular flexibility index (Phi) is 5.10. The van der Waals surface area contributed by atoms with Crippen LogP contribution in [-0.4, -0.2) is 25.3 Å². The first kappa shape index (κ1) is 13.6. The lowest BCUT2D eigenvalue weighted by atomic mass is 10.1. The molecule has 0 aliphatic heterocycles. The topological polar surface area (TPSA) is 55.8 Å². The van der Waals surface area contributed by atoms with Gasteiger partial charge >= 0.3 is 5.97 Å². The number of aryl methyl sites for hydroxylation is 1. The van der Waals surface area contributed by atoms with Crippen molar-refractivity contribution in [3.63, 3.8) is 0 Å². The van der Waals surface area contributed by atoms with E-state index in [1.807, 2.05) is 0 Å². The van der Waals surface area contributed by atoms with Crippen LogP contribution in [0.4, 0.5) is 0 Å². The number of ether oxygens (including phenoxy) is 2. The van der Waals surface area contributed by atoms with E-state index in [1.165, 1.54) is 7.11 Å². The van der Waals surface area contributed by atoms with E-state index in [0.29, 0.717) is 29.4 Å². The van der Waals surface area contributed by atoms with Gasteiger partial charge in [-0.2, -0.15) is 0 Å². The standard InChI is InChI=1S/C12H15ClO4/c1-16-10-7-11(17-2)9(13)6-8(10)4-3-5-12(14)15/h6-7H,3-5H2,1-2H3,(H,14,15). The number of benzene rings is 1. The van der Waals surface area contributed by atoms with E-state index < -0.39 is 5.97 Å². The fourth-order valence-corrected chi connectivity index (χ4v) is 1.81. The van der Waals surface area contributed by atoms with Gasteiger partial charge in [-0.3, -0.25) is 4.79 Å². The summed E-state index contributed by atoms with van der Waals surface area (Å²) in [6.45, 7) is 0. The molecule has 1 aromatic carbocycles. The molecule has 0 aromatic heterocycles. The normalized spacial score (nSPS) is 10.1. The minimum absolute atomic E-state index is 0.132. The third-order valence-corrected chi connectivity index (χ3v) is 2.69. The minimum Gasteiger partial charge on any atom is -0.496 e.